The molecule has 3 aliphatic heterocycles. The molecule has 0 aliphatic carbocycles. The SMILES string of the molecule is [C-]#[N+]C[C@@H]1CN(c2nc(OC[C@@H]3CCCN3C)nc3c2CCNC3)CCN1C(=O)OCc1ccccc1. The molecule has 0 spiro atoms. The Bertz CT molecular complexity index is 1120. The highest BCUT2D eigenvalue weighted by Gasteiger charge is 2.36. The highest BCUT2D eigenvalue weighted by Crippen LogP contribution is 2.29. The van der Waals surface area contributed by atoms with Crippen LogP contribution in [0.1, 0.15) is 29.7 Å². The summed E-state index contributed by atoms with van der Waals surface area (Å²) in [6.45, 7) is 12.7. The van der Waals surface area contributed by atoms with Crippen LogP contribution in [0.3, 0.4) is 0 Å². The molecule has 196 valence electrons. The second-order valence-electron chi connectivity index (χ2n) is 9.94. The maximum Gasteiger partial charge on any atom is 0.410 e. The number of aromatic nitrogens is 2. The molecule has 0 bridgehead atoms. The topological polar surface area (TPSA) is 87.4 Å². The molecule has 5 rings (SSSR count). The summed E-state index contributed by atoms with van der Waals surface area (Å²) in [4.78, 5) is 32.4. The first-order chi connectivity index (χ1) is 18.1. The van der Waals surface area contributed by atoms with Crippen molar-refractivity contribution in [1.29, 1.82) is 0 Å². The number of carbonyl (C=O) groups excluding carboxylic acids is 1. The summed E-state index contributed by atoms with van der Waals surface area (Å²) in [6.07, 6.45) is 2.76. The monoisotopic (exact) mass is 505 g/mol. The first-order valence-electron chi connectivity index (χ1n) is 13.1. The quantitative estimate of drug-likeness (QED) is 0.574. The predicted octanol–water partition coefficient (Wildman–Crippen LogP) is 2.34. The van der Waals surface area contributed by atoms with Gasteiger partial charge in [0.25, 0.3) is 0 Å². The summed E-state index contributed by atoms with van der Waals surface area (Å²) in [5.74, 6) is 0.869. The molecule has 10 heteroatoms. The van der Waals surface area contributed by atoms with Crippen molar-refractivity contribution in [1.82, 2.24) is 25.1 Å². The summed E-state index contributed by atoms with van der Waals surface area (Å²) in [5, 5.41) is 3.40. The zero-order valence-corrected chi connectivity index (χ0v) is 21.4. The number of likely N-dealkylation sites (N-methyl/N-ethyl adjacent to an activating group) is 1. The average molecular weight is 506 g/mol. The van der Waals surface area contributed by atoms with Crippen LogP contribution in [0, 0.1) is 6.57 Å². The van der Waals surface area contributed by atoms with Gasteiger partial charge in [-0.1, -0.05) is 30.3 Å². The van der Waals surface area contributed by atoms with Crippen molar-refractivity contribution in [2.75, 3.05) is 57.8 Å². The van der Waals surface area contributed by atoms with E-state index >= 15 is 0 Å². The van der Waals surface area contributed by atoms with Crippen molar-refractivity contribution in [2.45, 2.75) is 44.5 Å². The Morgan fingerprint density at radius 3 is 2.84 bits per heavy atom. The van der Waals surface area contributed by atoms with Crippen LogP contribution in [0.2, 0.25) is 0 Å². The Kier molecular flexibility index (Phi) is 8.02. The van der Waals surface area contributed by atoms with Gasteiger partial charge in [0.1, 0.15) is 25.1 Å². The smallest absolute Gasteiger partial charge is 0.410 e. The molecule has 3 aliphatic rings. The van der Waals surface area contributed by atoms with Gasteiger partial charge in [0.05, 0.1) is 5.69 Å². The number of carbonyl (C=O) groups is 1. The lowest BCUT2D eigenvalue weighted by molar-refractivity contribution is 0.0788. The van der Waals surface area contributed by atoms with Crippen LogP contribution in [0.4, 0.5) is 10.6 Å². The van der Waals surface area contributed by atoms with E-state index in [0.29, 0.717) is 44.8 Å². The van der Waals surface area contributed by atoms with Gasteiger partial charge in [-0.05, 0) is 45.0 Å². The Morgan fingerprint density at radius 2 is 2.05 bits per heavy atom. The highest BCUT2D eigenvalue weighted by atomic mass is 16.6. The summed E-state index contributed by atoms with van der Waals surface area (Å²) < 4.78 is 11.7. The molecule has 2 aromatic rings. The molecule has 10 nitrogen and oxygen atoms in total. The fraction of sp³-hybridized carbons (Fsp3) is 0.556. The molecule has 1 amide bonds. The number of nitrogens with zero attached hydrogens (tertiary/aromatic N) is 6. The predicted molar refractivity (Wildman–Crippen MR) is 139 cm³/mol. The first-order valence-corrected chi connectivity index (χ1v) is 13.1. The van der Waals surface area contributed by atoms with Gasteiger partial charge in [-0.25, -0.2) is 11.4 Å². The van der Waals surface area contributed by atoms with Crippen LogP contribution in [0.25, 0.3) is 4.85 Å². The second kappa shape index (κ2) is 11.8. The Balaban J connectivity index is 1.30. The van der Waals surface area contributed by atoms with E-state index in [2.05, 4.69) is 27.0 Å². The Morgan fingerprint density at radius 1 is 1.19 bits per heavy atom. The number of likely N-dealkylation sites (tertiary alicyclic amines) is 1. The van der Waals surface area contributed by atoms with Crippen molar-refractivity contribution in [2.24, 2.45) is 0 Å². The van der Waals surface area contributed by atoms with Crippen LogP contribution in [-0.2, 0) is 24.3 Å². The van der Waals surface area contributed by atoms with Crippen LogP contribution >= 0.6 is 0 Å². The van der Waals surface area contributed by atoms with Gasteiger partial charge in [-0.2, -0.15) is 9.97 Å². The molecule has 0 unspecified atom stereocenters. The fourth-order valence-corrected chi connectivity index (χ4v) is 5.36. The van der Waals surface area contributed by atoms with E-state index in [9.17, 15) is 4.79 Å². The van der Waals surface area contributed by atoms with Gasteiger partial charge in [0.15, 0.2) is 0 Å². The second-order valence-corrected chi connectivity index (χ2v) is 9.94. The molecule has 4 heterocycles. The number of anilines is 1. The van der Waals surface area contributed by atoms with Gasteiger partial charge >= 0.3 is 12.1 Å². The standard InChI is InChI=1S/C27H35N7O3/c1-28-15-22-17-33(13-14-34(22)27(35)37-18-20-7-4-3-5-8-20)25-23-10-11-29-16-24(23)30-26(31-25)36-19-21-9-6-12-32(21)2/h3-5,7-8,21-22,29H,6,9-19H2,2H3/t21-,22+/m0/s1. The molecule has 0 saturated carbocycles. The van der Waals surface area contributed by atoms with Gasteiger partial charge in [0, 0.05) is 37.8 Å². The summed E-state index contributed by atoms with van der Waals surface area (Å²) in [7, 11) is 2.13. The Labute approximate surface area is 218 Å². The van der Waals surface area contributed by atoms with Gasteiger partial charge < -0.3 is 29.4 Å². The molecule has 1 aromatic heterocycles. The molecule has 2 fully saturated rings. The molecule has 2 atom stereocenters. The van der Waals surface area contributed by atoms with E-state index < -0.39 is 0 Å². The lowest BCUT2D eigenvalue weighted by Crippen LogP contribution is -2.57. The van der Waals surface area contributed by atoms with Crippen LogP contribution in [0.5, 0.6) is 6.01 Å². The number of rotatable bonds is 7. The van der Waals surface area contributed by atoms with Crippen LogP contribution < -0.4 is 15.0 Å². The number of ether oxygens (including phenoxy) is 2. The van der Waals surface area contributed by atoms with E-state index in [1.165, 1.54) is 6.42 Å². The van der Waals surface area contributed by atoms with Crippen molar-refractivity contribution in [3.8, 4) is 6.01 Å². The molecule has 0 radical (unpaired) electrons. The third kappa shape index (κ3) is 5.95. The molecular weight excluding hydrogens is 470 g/mol. The van der Waals surface area contributed by atoms with Crippen molar-refractivity contribution >= 4 is 11.9 Å². The first kappa shape index (κ1) is 25.2. The molecule has 2 saturated heterocycles. The lowest BCUT2D eigenvalue weighted by Gasteiger charge is -2.40. The molecular formula is C27H35N7O3. The number of hydrogen-bond acceptors (Lipinski definition) is 8. The number of piperazine rings is 1. The van der Waals surface area contributed by atoms with E-state index in [0.717, 1.165) is 48.6 Å². The van der Waals surface area contributed by atoms with E-state index in [1.54, 1.807) is 4.90 Å². The van der Waals surface area contributed by atoms with Crippen molar-refractivity contribution in [3.63, 3.8) is 0 Å². The van der Waals surface area contributed by atoms with Gasteiger partial charge in [-0.15, -0.1) is 0 Å². The maximum atomic E-state index is 12.9. The number of hydrogen-bond donors (Lipinski definition) is 1. The lowest BCUT2D eigenvalue weighted by atomic mass is 10.1. The minimum atomic E-state index is -0.379. The third-order valence-electron chi connectivity index (χ3n) is 7.49. The van der Waals surface area contributed by atoms with E-state index in [-0.39, 0.29) is 25.3 Å². The zero-order valence-electron chi connectivity index (χ0n) is 21.4. The zero-order chi connectivity index (χ0) is 25.6. The summed E-state index contributed by atoms with van der Waals surface area (Å²) in [6, 6.07) is 10.1. The largest absolute Gasteiger partial charge is 0.462 e. The van der Waals surface area contributed by atoms with Gasteiger partial charge in [-0.3, -0.25) is 4.90 Å². The molecule has 1 aromatic carbocycles. The fourth-order valence-electron chi connectivity index (χ4n) is 5.36. The van der Waals surface area contributed by atoms with Gasteiger partial charge in [0.2, 0.25) is 6.54 Å². The molecule has 1 N–H and O–H groups in total. The number of nitrogens with one attached hydrogen (secondary N) is 1. The van der Waals surface area contributed by atoms with Crippen molar-refractivity contribution in [3.05, 3.63) is 58.6 Å². The van der Waals surface area contributed by atoms with E-state index in [1.807, 2.05) is 30.3 Å². The molecule has 37 heavy (non-hydrogen) atoms. The summed E-state index contributed by atoms with van der Waals surface area (Å²) in [5.41, 5.74) is 3.04. The minimum absolute atomic E-state index is 0.211. The third-order valence-corrected chi connectivity index (χ3v) is 7.49. The Hall–Kier alpha value is -3.42. The van der Waals surface area contributed by atoms with Crippen LogP contribution in [0.15, 0.2) is 30.3 Å². The number of amides is 1. The van der Waals surface area contributed by atoms with Crippen molar-refractivity contribution < 1.29 is 14.3 Å². The number of fused-ring (bicyclic) bond motifs is 1. The minimum Gasteiger partial charge on any atom is -0.462 e. The number of benzene rings is 1. The average Bonchev–Trinajstić information content (AvgIpc) is 3.35. The van der Waals surface area contributed by atoms with E-state index in [4.69, 9.17) is 26.0 Å². The van der Waals surface area contributed by atoms with Crippen LogP contribution in [-0.4, -0.2) is 90.9 Å². The summed E-state index contributed by atoms with van der Waals surface area (Å²) >= 11 is 0. The maximum absolute atomic E-state index is 12.9. The normalized spacial score (nSPS) is 21.8. The highest BCUT2D eigenvalue weighted by molar-refractivity contribution is 5.69.